The Hall–Kier alpha value is -1.78. The van der Waals surface area contributed by atoms with Crippen molar-refractivity contribution in [3.8, 4) is 0 Å². The molecule has 1 N–H and O–H groups in total. The van der Waals surface area contributed by atoms with Crippen LogP contribution in [0.25, 0.3) is 6.08 Å². The van der Waals surface area contributed by atoms with Gasteiger partial charge in [-0.3, -0.25) is 4.98 Å². The highest BCUT2D eigenvalue weighted by Gasteiger charge is 2.05. The lowest BCUT2D eigenvalue weighted by Gasteiger charge is -1.95. The van der Waals surface area contributed by atoms with Gasteiger partial charge in [-0.1, -0.05) is 0 Å². The monoisotopic (exact) mass is 185 g/mol. The van der Waals surface area contributed by atoms with Gasteiger partial charge < -0.3 is 5.11 Å². The summed E-state index contributed by atoms with van der Waals surface area (Å²) in [6, 6.07) is 0. The van der Waals surface area contributed by atoms with Crippen LogP contribution in [0.3, 0.4) is 0 Å². The van der Waals surface area contributed by atoms with E-state index in [0.29, 0.717) is 6.08 Å². The Morgan fingerprint density at radius 1 is 1.38 bits per heavy atom. The summed E-state index contributed by atoms with van der Waals surface area (Å²) in [6.07, 6.45) is 3.12. The van der Waals surface area contributed by atoms with Crippen molar-refractivity contribution < 1.29 is 18.7 Å². The summed E-state index contributed by atoms with van der Waals surface area (Å²) >= 11 is 0. The van der Waals surface area contributed by atoms with Crippen LogP contribution in [0.5, 0.6) is 0 Å². The van der Waals surface area contributed by atoms with E-state index in [1.54, 1.807) is 0 Å². The van der Waals surface area contributed by atoms with E-state index in [0.717, 1.165) is 18.5 Å². The number of hydrogen-bond donors (Lipinski definition) is 1. The number of carboxylic acids is 1. The molecule has 0 atom stereocenters. The van der Waals surface area contributed by atoms with Gasteiger partial charge in [0.15, 0.2) is 11.6 Å². The highest BCUT2D eigenvalue weighted by atomic mass is 19.1. The second-order valence-electron chi connectivity index (χ2n) is 2.19. The molecule has 5 heteroatoms. The van der Waals surface area contributed by atoms with Gasteiger partial charge in [0.25, 0.3) is 0 Å². The van der Waals surface area contributed by atoms with Crippen LogP contribution >= 0.6 is 0 Å². The van der Waals surface area contributed by atoms with Gasteiger partial charge in [0.2, 0.25) is 0 Å². The molecule has 3 nitrogen and oxygen atoms in total. The minimum Gasteiger partial charge on any atom is -0.478 e. The first-order chi connectivity index (χ1) is 6.11. The van der Waals surface area contributed by atoms with Crippen molar-refractivity contribution in [3.05, 3.63) is 35.7 Å². The maximum Gasteiger partial charge on any atom is 0.328 e. The molecule has 0 saturated heterocycles. The zero-order chi connectivity index (χ0) is 9.84. The van der Waals surface area contributed by atoms with Gasteiger partial charge in [-0.25, -0.2) is 13.6 Å². The molecule has 0 aliphatic heterocycles. The van der Waals surface area contributed by atoms with E-state index in [1.165, 1.54) is 0 Å². The van der Waals surface area contributed by atoms with Crippen molar-refractivity contribution in [1.29, 1.82) is 0 Å². The van der Waals surface area contributed by atoms with Gasteiger partial charge in [0, 0.05) is 11.6 Å². The minimum absolute atomic E-state index is 0.405. The minimum atomic E-state index is -1.27. The molecule has 0 aliphatic carbocycles. The first-order valence-electron chi connectivity index (χ1n) is 3.31. The molecule has 0 radical (unpaired) electrons. The fourth-order valence-electron chi connectivity index (χ4n) is 0.735. The first-order valence-corrected chi connectivity index (χ1v) is 3.31. The molecule has 0 unspecified atom stereocenters. The van der Waals surface area contributed by atoms with Crippen molar-refractivity contribution in [3.63, 3.8) is 0 Å². The van der Waals surface area contributed by atoms with Crippen LogP contribution in [0.15, 0.2) is 18.5 Å². The van der Waals surface area contributed by atoms with Gasteiger partial charge in [-0.15, -0.1) is 0 Å². The third kappa shape index (κ3) is 2.33. The molecule has 0 spiro atoms. The Bertz CT molecular complexity index is 343. The van der Waals surface area contributed by atoms with Crippen LogP contribution in [0, 0.1) is 11.6 Å². The molecule has 0 aromatic carbocycles. The maximum atomic E-state index is 12.8. The molecule has 1 aromatic heterocycles. The molecule has 13 heavy (non-hydrogen) atoms. The summed E-state index contributed by atoms with van der Waals surface area (Å²) in [6.45, 7) is 0. The second kappa shape index (κ2) is 3.75. The van der Waals surface area contributed by atoms with E-state index < -0.39 is 23.2 Å². The quantitative estimate of drug-likeness (QED) is 0.709. The van der Waals surface area contributed by atoms with E-state index in [4.69, 9.17) is 5.11 Å². The lowest BCUT2D eigenvalue weighted by Crippen LogP contribution is -1.92. The topological polar surface area (TPSA) is 50.2 Å². The molecule has 1 aromatic rings. The summed E-state index contributed by atoms with van der Waals surface area (Å²) in [5.41, 5.74) is -0.405. The number of carbonyl (C=O) groups is 1. The normalized spacial score (nSPS) is 10.6. The van der Waals surface area contributed by atoms with Gasteiger partial charge in [0.05, 0.1) is 12.4 Å². The molecule has 0 fully saturated rings. The van der Waals surface area contributed by atoms with E-state index in [1.807, 2.05) is 0 Å². The number of rotatable bonds is 2. The summed E-state index contributed by atoms with van der Waals surface area (Å²) in [7, 11) is 0. The molecular formula is C8H5F2NO2. The molecule has 68 valence electrons. The number of carboxylic acid groups (broad SMARTS) is 1. The number of pyridine rings is 1. The number of hydrogen-bond acceptors (Lipinski definition) is 2. The Labute approximate surface area is 72.3 Å². The van der Waals surface area contributed by atoms with Crippen molar-refractivity contribution in [2.75, 3.05) is 0 Å². The Morgan fingerprint density at radius 2 is 1.92 bits per heavy atom. The number of halogens is 2. The lowest BCUT2D eigenvalue weighted by atomic mass is 10.2. The molecule has 1 rings (SSSR count). The van der Waals surface area contributed by atoms with Gasteiger partial charge >= 0.3 is 5.97 Å². The zero-order valence-electron chi connectivity index (χ0n) is 6.37. The van der Waals surface area contributed by atoms with Crippen LogP contribution < -0.4 is 0 Å². The molecule has 1 heterocycles. The van der Waals surface area contributed by atoms with Crippen molar-refractivity contribution >= 4 is 12.0 Å². The van der Waals surface area contributed by atoms with Crippen LogP contribution in [0.2, 0.25) is 0 Å². The second-order valence-corrected chi connectivity index (χ2v) is 2.19. The van der Waals surface area contributed by atoms with Crippen molar-refractivity contribution in [2.45, 2.75) is 0 Å². The number of aliphatic carboxylic acids is 1. The summed E-state index contributed by atoms with van der Waals surface area (Å²) < 4.78 is 25.5. The molecule has 0 aliphatic rings. The fraction of sp³-hybridized carbons (Fsp3) is 0. The van der Waals surface area contributed by atoms with Crippen molar-refractivity contribution in [2.24, 2.45) is 0 Å². The third-order valence-corrected chi connectivity index (χ3v) is 1.28. The van der Waals surface area contributed by atoms with Crippen LogP contribution in [0.1, 0.15) is 5.56 Å². The Morgan fingerprint density at radius 3 is 2.38 bits per heavy atom. The summed E-state index contributed by atoms with van der Waals surface area (Å²) in [5, 5.41) is 8.21. The lowest BCUT2D eigenvalue weighted by molar-refractivity contribution is -0.131. The van der Waals surface area contributed by atoms with Crippen LogP contribution in [-0.4, -0.2) is 16.1 Å². The highest BCUT2D eigenvalue weighted by Crippen LogP contribution is 2.11. The maximum absolute atomic E-state index is 12.8. The van der Waals surface area contributed by atoms with E-state index in [2.05, 4.69) is 4.98 Å². The largest absolute Gasteiger partial charge is 0.478 e. The van der Waals surface area contributed by atoms with Gasteiger partial charge in [-0.05, 0) is 6.08 Å². The number of nitrogens with zero attached hydrogens (tertiary/aromatic N) is 1. The highest BCUT2D eigenvalue weighted by molar-refractivity contribution is 5.85. The SMILES string of the molecule is O=C(O)/C=C/c1c(F)cncc1F. The average Bonchev–Trinajstić information content (AvgIpc) is 2.03. The first kappa shape index (κ1) is 9.31. The van der Waals surface area contributed by atoms with Gasteiger partial charge in [0.1, 0.15) is 0 Å². The fourth-order valence-corrected chi connectivity index (χ4v) is 0.735. The summed E-state index contributed by atoms with van der Waals surface area (Å²) in [4.78, 5) is 13.3. The van der Waals surface area contributed by atoms with Crippen LogP contribution in [0.4, 0.5) is 8.78 Å². The molecule has 0 amide bonds. The Kier molecular flexibility index (Phi) is 2.69. The van der Waals surface area contributed by atoms with Crippen LogP contribution in [-0.2, 0) is 4.79 Å². The molecule has 0 saturated carbocycles. The smallest absolute Gasteiger partial charge is 0.328 e. The van der Waals surface area contributed by atoms with E-state index in [9.17, 15) is 13.6 Å². The average molecular weight is 185 g/mol. The molecular weight excluding hydrogens is 180 g/mol. The predicted octanol–water partition coefficient (Wildman–Crippen LogP) is 1.46. The van der Waals surface area contributed by atoms with E-state index in [-0.39, 0.29) is 0 Å². The standard InChI is InChI=1S/C8H5F2NO2/c9-6-3-11-4-7(10)5(6)1-2-8(12)13/h1-4H,(H,12,13)/b2-1+. The van der Waals surface area contributed by atoms with E-state index >= 15 is 0 Å². The number of aromatic nitrogens is 1. The predicted molar refractivity (Wildman–Crippen MR) is 40.8 cm³/mol. The van der Waals surface area contributed by atoms with Gasteiger partial charge in [-0.2, -0.15) is 0 Å². The third-order valence-electron chi connectivity index (χ3n) is 1.28. The zero-order valence-corrected chi connectivity index (χ0v) is 6.37. The summed E-state index contributed by atoms with van der Waals surface area (Å²) in [5.74, 6) is -3.05. The van der Waals surface area contributed by atoms with Crippen molar-refractivity contribution in [1.82, 2.24) is 4.98 Å². The Balaban J connectivity index is 3.06. The molecule has 0 bridgehead atoms.